The van der Waals surface area contributed by atoms with Crippen molar-refractivity contribution in [2.75, 3.05) is 10.6 Å². The molecule has 0 aliphatic rings. The standard InChI is InChI=1S/C23H27N5O5/c1-11(2)14-6-5-7-15(12(3)4)17(14)27-23(32)28-21-18(20(24)29)25-16(26-21)10-13-8-9-33-19(13)22(30)31/h5-9,11-12H,10H2,1-4H3,(H2,24,29)(H,25,26)(H,30,31)(H2,27,28,32). The van der Waals surface area contributed by atoms with E-state index in [0.29, 0.717) is 11.3 Å². The van der Waals surface area contributed by atoms with Crippen LogP contribution in [0.5, 0.6) is 0 Å². The molecule has 3 amide bonds. The number of carbonyl (C=O) groups is 3. The van der Waals surface area contributed by atoms with Crippen molar-refractivity contribution >= 4 is 29.4 Å². The van der Waals surface area contributed by atoms with Gasteiger partial charge in [0.05, 0.1) is 6.26 Å². The molecule has 0 atom stereocenters. The number of amides is 3. The van der Waals surface area contributed by atoms with Gasteiger partial charge in [0.25, 0.3) is 5.91 Å². The number of H-pyrrole nitrogens is 1. The average molecular weight is 453 g/mol. The zero-order valence-electron chi connectivity index (χ0n) is 18.9. The van der Waals surface area contributed by atoms with Crippen molar-refractivity contribution in [2.45, 2.75) is 46.0 Å². The number of imidazole rings is 1. The molecule has 0 saturated carbocycles. The molecule has 10 heteroatoms. The van der Waals surface area contributed by atoms with E-state index < -0.39 is 17.9 Å². The number of nitrogens with two attached hydrogens (primary N) is 1. The molecular weight excluding hydrogens is 426 g/mol. The number of para-hydroxylation sites is 1. The van der Waals surface area contributed by atoms with Crippen molar-refractivity contribution in [2.24, 2.45) is 5.73 Å². The van der Waals surface area contributed by atoms with Gasteiger partial charge in [-0.3, -0.25) is 10.1 Å². The summed E-state index contributed by atoms with van der Waals surface area (Å²) in [7, 11) is 0. The van der Waals surface area contributed by atoms with Crippen molar-refractivity contribution in [3.05, 3.63) is 64.5 Å². The normalized spacial score (nSPS) is 11.1. The topological polar surface area (TPSA) is 163 Å². The number of aromatic nitrogens is 2. The maximum atomic E-state index is 12.9. The summed E-state index contributed by atoms with van der Waals surface area (Å²) >= 11 is 0. The second-order valence-electron chi connectivity index (χ2n) is 8.23. The molecule has 33 heavy (non-hydrogen) atoms. The second-order valence-corrected chi connectivity index (χ2v) is 8.23. The fraction of sp³-hybridized carbons (Fsp3) is 0.304. The first kappa shape index (κ1) is 23.6. The van der Waals surface area contributed by atoms with Gasteiger partial charge >= 0.3 is 12.0 Å². The smallest absolute Gasteiger partial charge is 0.372 e. The summed E-state index contributed by atoms with van der Waals surface area (Å²) in [6.07, 6.45) is 1.29. The number of benzene rings is 1. The van der Waals surface area contributed by atoms with E-state index in [1.807, 2.05) is 45.9 Å². The number of urea groups is 1. The third-order valence-corrected chi connectivity index (χ3v) is 5.14. The molecule has 0 radical (unpaired) electrons. The van der Waals surface area contributed by atoms with E-state index in [0.717, 1.165) is 11.1 Å². The number of aromatic carboxylic acids is 1. The van der Waals surface area contributed by atoms with Crippen LogP contribution in [0, 0.1) is 0 Å². The lowest BCUT2D eigenvalue weighted by Gasteiger charge is -2.20. The number of hydrogen-bond acceptors (Lipinski definition) is 5. The lowest BCUT2D eigenvalue weighted by atomic mass is 9.93. The minimum Gasteiger partial charge on any atom is -0.475 e. The molecule has 0 aliphatic carbocycles. The number of carbonyl (C=O) groups excluding carboxylic acids is 2. The molecule has 1 aromatic carbocycles. The van der Waals surface area contributed by atoms with E-state index in [4.69, 9.17) is 10.2 Å². The molecular formula is C23H27N5O5. The van der Waals surface area contributed by atoms with E-state index >= 15 is 0 Å². The molecule has 0 fully saturated rings. The van der Waals surface area contributed by atoms with Crippen LogP contribution < -0.4 is 16.4 Å². The number of primary amides is 1. The van der Waals surface area contributed by atoms with E-state index in [2.05, 4.69) is 20.6 Å². The van der Waals surface area contributed by atoms with Crippen molar-refractivity contribution in [1.29, 1.82) is 0 Å². The Labute approximate surface area is 190 Å². The SMILES string of the molecule is CC(C)c1cccc(C(C)C)c1NC(=O)Nc1nc(Cc2ccoc2C(=O)O)[nH]c1C(N)=O. The predicted molar refractivity (Wildman–Crippen MR) is 123 cm³/mol. The Balaban J connectivity index is 1.87. The molecule has 6 N–H and O–H groups in total. The Morgan fingerprint density at radius 3 is 2.27 bits per heavy atom. The third kappa shape index (κ3) is 5.22. The molecule has 0 spiro atoms. The number of carboxylic acid groups (broad SMARTS) is 1. The van der Waals surface area contributed by atoms with Gasteiger partial charge in [-0.2, -0.15) is 0 Å². The molecule has 10 nitrogen and oxygen atoms in total. The second kappa shape index (κ2) is 9.60. The molecule has 0 bridgehead atoms. The molecule has 0 unspecified atom stereocenters. The number of rotatable bonds is 8. The van der Waals surface area contributed by atoms with Gasteiger partial charge in [-0.1, -0.05) is 45.9 Å². The summed E-state index contributed by atoms with van der Waals surface area (Å²) in [5.74, 6) is -1.73. The average Bonchev–Trinajstić information content (AvgIpc) is 3.35. The number of nitrogens with one attached hydrogen (secondary N) is 3. The van der Waals surface area contributed by atoms with E-state index in [1.165, 1.54) is 12.3 Å². The number of nitrogens with zero attached hydrogens (tertiary/aromatic N) is 1. The zero-order chi connectivity index (χ0) is 24.3. The van der Waals surface area contributed by atoms with Crippen molar-refractivity contribution < 1.29 is 23.9 Å². The number of aromatic amines is 1. The molecule has 3 aromatic rings. The summed E-state index contributed by atoms with van der Waals surface area (Å²) in [5.41, 5.74) is 8.38. The van der Waals surface area contributed by atoms with E-state index in [9.17, 15) is 19.5 Å². The first-order valence-electron chi connectivity index (χ1n) is 10.5. The lowest BCUT2D eigenvalue weighted by Crippen LogP contribution is -2.24. The fourth-order valence-corrected chi connectivity index (χ4v) is 3.57. The number of furan rings is 1. The van der Waals surface area contributed by atoms with Crippen LogP contribution in [0.3, 0.4) is 0 Å². The minimum absolute atomic E-state index is 0.0371. The summed E-state index contributed by atoms with van der Waals surface area (Å²) in [6.45, 7) is 8.15. The highest BCUT2D eigenvalue weighted by Gasteiger charge is 2.22. The minimum atomic E-state index is -1.22. The van der Waals surface area contributed by atoms with Crippen LogP contribution in [0.1, 0.15) is 83.1 Å². The quantitative estimate of drug-likeness (QED) is 0.342. The predicted octanol–water partition coefficient (Wildman–Crippen LogP) is 4.28. The van der Waals surface area contributed by atoms with Crippen molar-refractivity contribution in [3.63, 3.8) is 0 Å². The monoisotopic (exact) mass is 453 g/mol. The molecule has 0 saturated heterocycles. The van der Waals surface area contributed by atoms with Crippen LogP contribution in [0.15, 0.2) is 34.9 Å². The van der Waals surface area contributed by atoms with Crippen LogP contribution >= 0.6 is 0 Å². The summed E-state index contributed by atoms with van der Waals surface area (Å²) < 4.78 is 4.96. The Hall–Kier alpha value is -4.08. The van der Waals surface area contributed by atoms with E-state index in [-0.39, 0.29) is 41.4 Å². The van der Waals surface area contributed by atoms with Crippen molar-refractivity contribution in [3.8, 4) is 0 Å². The maximum absolute atomic E-state index is 12.9. The van der Waals surface area contributed by atoms with Gasteiger partial charge < -0.3 is 25.6 Å². The highest BCUT2D eigenvalue weighted by atomic mass is 16.4. The van der Waals surface area contributed by atoms with Crippen molar-refractivity contribution in [1.82, 2.24) is 9.97 Å². The van der Waals surface area contributed by atoms with Crippen LogP contribution in [-0.4, -0.2) is 33.0 Å². The Morgan fingerprint density at radius 2 is 1.73 bits per heavy atom. The third-order valence-electron chi connectivity index (χ3n) is 5.14. The van der Waals surface area contributed by atoms with Gasteiger partial charge in [0.2, 0.25) is 5.76 Å². The molecule has 2 heterocycles. The van der Waals surface area contributed by atoms with Crippen LogP contribution in [-0.2, 0) is 6.42 Å². The Kier molecular flexibility index (Phi) is 6.86. The fourth-order valence-electron chi connectivity index (χ4n) is 3.57. The molecule has 2 aromatic heterocycles. The largest absolute Gasteiger partial charge is 0.475 e. The first-order chi connectivity index (χ1) is 15.6. The van der Waals surface area contributed by atoms with Crippen LogP contribution in [0.2, 0.25) is 0 Å². The van der Waals surface area contributed by atoms with Crippen LogP contribution in [0.25, 0.3) is 0 Å². The van der Waals surface area contributed by atoms with Gasteiger partial charge in [-0.25, -0.2) is 14.6 Å². The molecule has 0 aliphatic heterocycles. The maximum Gasteiger partial charge on any atom is 0.372 e. The van der Waals surface area contributed by atoms with Gasteiger partial charge in [-0.15, -0.1) is 0 Å². The summed E-state index contributed by atoms with van der Waals surface area (Å²) in [4.78, 5) is 43.0. The van der Waals surface area contributed by atoms with E-state index in [1.54, 1.807) is 0 Å². The lowest BCUT2D eigenvalue weighted by molar-refractivity contribution is 0.0660. The summed E-state index contributed by atoms with van der Waals surface area (Å²) in [6, 6.07) is 6.78. The Bertz CT molecular complexity index is 1170. The number of anilines is 2. The number of hydrogen-bond donors (Lipinski definition) is 5. The van der Waals surface area contributed by atoms with Gasteiger partial charge in [-0.05, 0) is 29.0 Å². The summed E-state index contributed by atoms with van der Waals surface area (Å²) in [5, 5.41) is 14.7. The van der Waals surface area contributed by atoms with Gasteiger partial charge in [0.1, 0.15) is 11.5 Å². The first-order valence-corrected chi connectivity index (χ1v) is 10.5. The van der Waals surface area contributed by atoms with Crippen LogP contribution in [0.4, 0.5) is 16.3 Å². The Morgan fingerprint density at radius 1 is 1.09 bits per heavy atom. The molecule has 174 valence electrons. The number of carboxylic acids is 1. The van der Waals surface area contributed by atoms with Gasteiger partial charge in [0.15, 0.2) is 5.82 Å². The highest BCUT2D eigenvalue weighted by Crippen LogP contribution is 2.32. The molecule has 3 rings (SSSR count). The zero-order valence-corrected chi connectivity index (χ0v) is 18.9. The highest BCUT2D eigenvalue weighted by molar-refractivity contribution is 6.05. The van der Waals surface area contributed by atoms with Gasteiger partial charge in [0, 0.05) is 17.7 Å².